The average molecular weight is 584 g/mol. The maximum atomic E-state index is 13.0. The highest BCUT2D eigenvalue weighted by Crippen LogP contribution is 2.22. The van der Waals surface area contributed by atoms with E-state index in [1.54, 1.807) is 37.3 Å². The van der Waals surface area contributed by atoms with Gasteiger partial charge < -0.3 is 10.1 Å². The van der Waals surface area contributed by atoms with Crippen LogP contribution in [0.5, 0.6) is 5.75 Å². The molecule has 0 spiro atoms. The third kappa shape index (κ3) is 5.43. The molecule has 9 heteroatoms. The summed E-state index contributed by atoms with van der Waals surface area (Å²) >= 11 is 6.83. The molecule has 7 nitrogen and oxygen atoms in total. The van der Waals surface area contributed by atoms with Gasteiger partial charge in [0.15, 0.2) is 6.61 Å². The zero-order valence-corrected chi connectivity index (χ0v) is 21.6. The van der Waals surface area contributed by atoms with Crippen molar-refractivity contribution in [1.29, 1.82) is 0 Å². The first-order chi connectivity index (χ1) is 16.3. The number of ether oxygens (including phenoxy) is 1. The second kappa shape index (κ2) is 10.3. The van der Waals surface area contributed by atoms with Crippen molar-refractivity contribution in [3.8, 4) is 5.75 Å². The molecule has 34 heavy (non-hydrogen) atoms. The fraction of sp³-hybridized carbons (Fsp3) is 0.120. The smallest absolute Gasteiger partial charge is 0.282 e. The second-order valence-electron chi connectivity index (χ2n) is 7.52. The summed E-state index contributed by atoms with van der Waals surface area (Å²) in [5.74, 6) is 0.622. The highest BCUT2D eigenvalue weighted by molar-refractivity contribution is 9.10. The molecule has 1 N–H and O–H groups in total. The Labute approximate surface area is 212 Å². The molecule has 0 unspecified atom stereocenters. The quantitative estimate of drug-likeness (QED) is 0.306. The van der Waals surface area contributed by atoms with Gasteiger partial charge in [0.25, 0.3) is 11.5 Å². The molecular weight excluding hydrogens is 564 g/mol. The molecule has 1 heterocycles. The molecule has 0 saturated heterocycles. The van der Waals surface area contributed by atoms with Crippen LogP contribution in [-0.4, -0.2) is 28.4 Å². The summed E-state index contributed by atoms with van der Waals surface area (Å²) in [6, 6.07) is 18.2. The van der Waals surface area contributed by atoms with Gasteiger partial charge in [-0.05, 0) is 61.9 Å². The van der Waals surface area contributed by atoms with E-state index in [0.717, 1.165) is 20.2 Å². The van der Waals surface area contributed by atoms with E-state index in [1.165, 1.54) is 10.9 Å². The Kier molecular flexibility index (Phi) is 7.23. The lowest BCUT2D eigenvalue weighted by Gasteiger charge is -2.11. The first-order valence-corrected chi connectivity index (χ1v) is 11.9. The van der Waals surface area contributed by atoms with Gasteiger partial charge in [0, 0.05) is 20.2 Å². The van der Waals surface area contributed by atoms with Crippen molar-refractivity contribution in [3.05, 3.63) is 96.9 Å². The number of hydrogen-bond acceptors (Lipinski definition) is 5. The van der Waals surface area contributed by atoms with E-state index in [1.807, 2.05) is 37.3 Å². The summed E-state index contributed by atoms with van der Waals surface area (Å²) in [5.41, 5.74) is 2.61. The van der Waals surface area contributed by atoms with E-state index in [4.69, 9.17) is 4.74 Å². The fourth-order valence-corrected chi connectivity index (χ4v) is 4.05. The highest BCUT2D eigenvalue weighted by atomic mass is 79.9. The predicted octanol–water partition coefficient (Wildman–Crippen LogP) is 5.44. The summed E-state index contributed by atoms with van der Waals surface area (Å²) in [5, 5.41) is 7.66. The van der Waals surface area contributed by atoms with Crippen LogP contribution in [0.25, 0.3) is 10.9 Å². The van der Waals surface area contributed by atoms with Gasteiger partial charge >= 0.3 is 0 Å². The number of nitrogens with zero attached hydrogens (tertiary/aromatic N) is 3. The first-order valence-electron chi connectivity index (χ1n) is 10.3. The van der Waals surface area contributed by atoms with Crippen molar-refractivity contribution in [2.24, 2.45) is 5.10 Å². The molecule has 4 aromatic rings. The van der Waals surface area contributed by atoms with Crippen molar-refractivity contribution in [3.63, 3.8) is 0 Å². The number of nitrogens with one attached hydrogen (secondary N) is 1. The van der Waals surface area contributed by atoms with Gasteiger partial charge in [-0.25, -0.2) is 4.98 Å². The SMILES string of the molecule is Cc1ccccc1NC(=O)COc1ccc(Br)cc1C=Nn1c(C)nc2ccc(Br)cc2c1=O. The van der Waals surface area contributed by atoms with Crippen LogP contribution in [0, 0.1) is 13.8 Å². The minimum atomic E-state index is -0.282. The Hall–Kier alpha value is -3.30. The summed E-state index contributed by atoms with van der Waals surface area (Å²) in [6.45, 7) is 3.46. The van der Waals surface area contributed by atoms with Crippen LogP contribution in [0.2, 0.25) is 0 Å². The number of rotatable bonds is 6. The Balaban J connectivity index is 1.58. The van der Waals surface area contributed by atoms with Gasteiger partial charge in [0.05, 0.1) is 17.1 Å². The predicted molar refractivity (Wildman–Crippen MR) is 141 cm³/mol. The Morgan fingerprint density at radius 2 is 1.82 bits per heavy atom. The standard InChI is InChI=1S/C25H20Br2N4O3/c1-15-5-3-4-6-21(15)30-24(32)14-34-23-10-8-18(26)11-17(23)13-28-31-16(2)29-22-9-7-19(27)12-20(22)25(31)33/h3-13H,14H2,1-2H3,(H,30,32). The average Bonchev–Trinajstić information content (AvgIpc) is 2.80. The number of benzene rings is 3. The third-order valence-electron chi connectivity index (χ3n) is 5.03. The minimum absolute atomic E-state index is 0.179. The van der Waals surface area contributed by atoms with Gasteiger partial charge in [0.2, 0.25) is 0 Å². The topological polar surface area (TPSA) is 85.6 Å². The molecule has 1 amide bonds. The fourth-order valence-electron chi connectivity index (χ4n) is 3.31. The molecule has 0 bridgehead atoms. The van der Waals surface area contributed by atoms with E-state index >= 15 is 0 Å². The number of carbonyl (C=O) groups excluding carboxylic acids is 1. The van der Waals surface area contributed by atoms with Crippen molar-refractivity contribution in [2.45, 2.75) is 13.8 Å². The van der Waals surface area contributed by atoms with Crippen LogP contribution >= 0.6 is 31.9 Å². The van der Waals surface area contributed by atoms with Crippen molar-refractivity contribution >= 4 is 60.6 Å². The number of aryl methyl sites for hydroxylation is 2. The molecule has 0 aliphatic carbocycles. The second-order valence-corrected chi connectivity index (χ2v) is 9.35. The van der Waals surface area contributed by atoms with Gasteiger partial charge in [-0.15, -0.1) is 0 Å². The molecular formula is C25H20Br2N4O3. The molecule has 172 valence electrons. The zero-order valence-electron chi connectivity index (χ0n) is 18.4. The van der Waals surface area contributed by atoms with Gasteiger partial charge in [-0.3, -0.25) is 9.59 Å². The van der Waals surface area contributed by atoms with Crippen LogP contribution in [-0.2, 0) is 4.79 Å². The molecule has 4 rings (SSSR count). The van der Waals surface area contributed by atoms with Crippen molar-refractivity contribution in [1.82, 2.24) is 9.66 Å². The maximum absolute atomic E-state index is 13.0. The number of fused-ring (bicyclic) bond motifs is 1. The molecule has 0 saturated carbocycles. The lowest BCUT2D eigenvalue weighted by atomic mass is 10.2. The molecule has 3 aromatic carbocycles. The molecule has 0 fully saturated rings. The molecule has 0 atom stereocenters. The monoisotopic (exact) mass is 582 g/mol. The summed E-state index contributed by atoms with van der Waals surface area (Å²) in [6.07, 6.45) is 1.51. The van der Waals surface area contributed by atoms with Gasteiger partial charge in [-0.1, -0.05) is 50.1 Å². The number of aromatic nitrogens is 2. The Morgan fingerprint density at radius 3 is 2.62 bits per heavy atom. The number of hydrogen-bond donors (Lipinski definition) is 1. The van der Waals surface area contributed by atoms with E-state index in [2.05, 4.69) is 47.3 Å². The first kappa shape index (κ1) is 23.8. The van der Waals surface area contributed by atoms with E-state index in [0.29, 0.717) is 28.0 Å². The number of halogens is 2. The van der Waals surface area contributed by atoms with E-state index in [-0.39, 0.29) is 18.1 Å². The van der Waals surface area contributed by atoms with Gasteiger partial charge in [0.1, 0.15) is 11.6 Å². The normalized spacial score (nSPS) is 11.2. The van der Waals surface area contributed by atoms with E-state index in [9.17, 15) is 9.59 Å². The third-order valence-corrected chi connectivity index (χ3v) is 6.02. The van der Waals surface area contributed by atoms with Crippen LogP contribution < -0.4 is 15.6 Å². The largest absolute Gasteiger partial charge is 0.483 e. The number of amides is 1. The summed E-state index contributed by atoms with van der Waals surface area (Å²) in [4.78, 5) is 29.9. The molecule has 0 aliphatic rings. The van der Waals surface area contributed by atoms with Crippen LogP contribution in [0.4, 0.5) is 5.69 Å². The van der Waals surface area contributed by atoms with Crippen LogP contribution in [0.15, 0.2) is 79.5 Å². The molecule has 0 aliphatic heterocycles. The Morgan fingerprint density at radius 1 is 1.09 bits per heavy atom. The minimum Gasteiger partial charge on any atom is -0.483 e. The van der Waals surface area contributed by atoms with Crippen molar-refractivity contribution in [2.75, 3.05) is 11.9 Å². The number of anilines is 1. The lowest BCUT2D eigenvalue weighted by molar-refractivity contribution is -0.118. The van der Waals surface area contributed by atoms with Gasteiger partial charge in [-0.2, -0.15) is 9.78 Å². The summed E-state index contributed by atoms with van der Waals surface area (Å²) < 4.78 is 8.59. The zero-order chi connectivity index (χ0) is 24.2. The maximum Gasteiger partial charge on any atom is 0.282 e. The highest BCUT2D eigenvalue weighted by Gasteiger charge is 2.10. The number of para-hydroxylation sites is 1. The van der Waals surface area contributed by atoms with Crippen molar-refractivity contribution < 1.29 is 9.53 Å². The Bertz CT molecular complexity index is 1480. The molecule has 0 radical (unpaired) electrons. The van der Waals surface area contributed by atoms with Crippen LogP contribution in [0.3, 0.4) is 0 Å². The lowest BCUT2D eigenvalue weighted by Crippen LogP contribution is -2.21. The molecule has 1 aromatic heterocycles. The van der Waals surface area contributed by atoms with E-state index < -0.39 is 0 Å². The summed E-state index contributed by atoms with van der Waals surface area (Å²) in [7, 11) is 0. The number of carbonyl (C=O) groups is 1. The van der Waals surface area contributed by atoms with Crippen LogP contribution in [0.1, 0.15) is 17.0 Å².